The molecule has 0 saturated carbocycles. The van der Waals surface area contributed by atoms with E-state index < -0.39 is 0 Å². The molecule has 1 amide bonds. The molecule has 7 nitrogen and oxygen atoms in total. The lowest BCUT2D eigenvalue weighted by atomic mass is 9.99. The number of carbonyl (C=O) groups is 1. The summed E-state index contributed by atoms with van der Waals surface area (Å²) in [5.41, 5.74) is 4.26. The van der Waals surface area contributed by atoms with Crippen LogP contribution < -0.4 is 16.3 Å². The SMILES string of the molecule is CC(=O)NCCCn1c(=O)n(C2CCN(C(=S)NC(c3ccccc3)c3ccccc3)CC2)c2ccccc21. The number of amides is 1. The van der Waals surface area contributed by atoms with Crippen molar-refractivity contribution in [3.8, 4) is 0 Å². The molecule has 3 aromatic carbocycles. The monoisotopic (exact) mass is 541 g/mol. The Bertz CT molecular complexity index is 1430. The third-order valence-corrected chi connectivity index (χ3v) is 7.83. The molecule has 1 aliphatic rings. The molecule has 1 aliphatic heterocycles. The molecule has 1 fully saturated rings. The number of nitrogens with one attached hydrogen (secondary N) is 2. The Hall–Kier alpha value is -3.91. The fourth-order valence-corrected chi connectivity index (χ4v) is 5.80. The number of likely N-dealkylation sites (tertiary alicyclic amines) is 1. The maximum atomic E-state index is 13.6. The fourth-order valence-electron chi connectivity index (χ4n) is 5.49. The van der Waals surface area contributed by atoms with Crippen molar-refractivity contribution in [3.63, 3.8) is 0 Å². The Balaban J connectivity index is 1.29. The lowest BCUT2D eigenvalue weighted by Gasteiger charge is -2.35. The normalized spacial score (nSPS) is 14.1. The van der Waals surface area contributed by atoms with E-state index in [1.165, 1.54) is 18.1 Å². The number of carbonyl (C=O) groups excluding carboxylic acids is 1. The molecule has 0 spiro atoms. The van der Waals surface area contributed by atoms with Gasteiger partial charge >= 0.3 is 5.69 Å². The highest BCUT2D eigenvalue weighted by Gasteiger charge is 2.27. The second kappa shape index (κ2) is 12.3. The van der Waals surface area contributed by atoms with Gasteiger partial charge in [-0.1, -0.05) is 72.8 Å². The van der Waals surface area contributed by atoms with E-state index in [1.54, 1.807) is 0 Å². The topological polar surface area (TPSA) is 71.3 Å². The van der Waals surface area contributed by atoms with E-state index >= 15 is 0 Å². The summed E-state index contributed by atoms with van der Waals surface area (Å²) in [6, 6.07) is 28.8. The molecule has 0 bridgehead atoms. The molecule has 5 rings (SSSR count). The molecule has 0 aliphatic carbocycles. The van der Waals surface area contributed by atoms with Crippen molar-refractivity contribution in [1.82, 2.24) is 24.7 Å². The molecule has 1 aromatic heterocycles. The Morgan fingerprint density at radius 1 is 0.897 bits per heavy atom. The predicted octanol–water partition coefficient (Wildman–Crippen LogP) is 4.63. The second-order valence-corrected chi connectivity index (χ2v) is 10.4. The molecule has 2 N–H and O–H groups in total. The van der Waals surface area contributed by atoms with Crippen LogP contribution >= 0.6 is 12.2 Å². The Morgan fingerprint density at radius 3 is 2.05 bits per heavy atom. The number of fused-ring (bicyclic) bond motifs is 1. The summed E-state index contributed by atoms with van der Waals surface area (Å²) in [7, 11) is 0. The predicted molar refractivity (Wildman–Crippen MR) is 160 cm³/mol. The van der Waals surface area contributed by atoms with Crippen LogP contribution in [0.1, 0.15) is 49.4 Å². The van der Waals surface area contributed by atoms with E-state index in [9.17, 15) is 9.59 Å². The smallest absolute Gasteiger partial charge is 0.329 e. The average molecular weight is 542 g/mol. The van der Waals surface area contributed by atoms with Crippen LogP contribution in [-0.4, -0.2) is 44.7 Å². The molecular formula is C31H35N5O2S. The van der Waals surface area contributed by atoms with Gasteiger partial charge < -0.3 is 15.5 Å². The molecule has 8 heteroatoms. The molecule has 0 radical (unpaired) electrons. The number of aryl methyl sites for hydroxylation is 1. The number of imidazole rings is 1. The zero-order valence-electron chi connectivity index (χ0n) is 22.3. The van der Waals surface area contributed by atoms with E-state index in [0.717, 1.165) is 42.1 Å². The number of piperidine rings is 1. The van der Waals surface area contributed by atoms with Gasteiger partial charge in [0.1, 0.15) is 0 Å². The van der Waals surface area contributed by atoms with Crippen molar-refractivity contribution < 1.29 is 4.79 Å². The van der Waals surface area contributed by atoms with Crippen LogP contribution in [0.4, 0.5) is 0 Å². The number of rotatable bonds is 8. The van der Waals surface area contributed by atoms with Crippen LogP contribution in [0.2, 0.25) is 0 Å². The summed E-state index contributed by atoms with van der Waals surface area (Å²) in [5.74, 6) is -0.0530. The Kier molecular flexibility index (Phi) is 8.42. The highest BCUT2D eigenvalue weighted by atomic mass is 32.1. The van der Waals surface area contributed by atoms with Crippen LogP contribution in [0.25, 0.3) is 11.0 Å². The first-order valence-electron chi connectivity index (χ1n) is 13.6. The van der Waals surface area contributed by atoms with Gasteiger partial charge in [-0.15, -0.1) is 0 Å². The lowest BCUT2D eigenvalue weighted by Crippen LogP contribution is -2.46. The van der Waals surface area contributed by atoms with Crippen molar-refractivity contribution >= 4 is 34.3 Å². The van der Waals surface area contributed by atoms with Gasteiger partial charge in [0, 0.05) is 39.1 Å². The highest BCUT2D eigenvalue weighted by molar-refractivity contribution is 7.80. The molecule has 39 heavy (non-hydrogen) atoms. The van der Waals surface area contributed by atoms with Gasteiger partial charge in [-0.05, 0) is 54.7 Å². The molecule has 0 atom stereocenters. The van der Waals surface area contributed by atoms with Crippen LogP contribution in [0.5, 0.6) is 0 Å². The van der Waals surface area contributed by atoms with Gasteiger partial charge in [-0.3, -0.25) is 13.9 Å². The first-order valence-corrected chi connectivity index (χ1v) is 14.0. The van der Waals surface area contributed by atoms with E-state index in [0.29, 0.717) is 19.5 Å². The van der Waals surface area contributed by atoms with E-state index in [4.69, 9.17) is 12.2 Å². The number of benzene rings is 3. The molecule has 2 heterocycles. The maximum Gasteiger partial charge on any atom is 0.329 e. The van der Waals surface area contributed by atoms with E-state index in [2.05, 4.69) is 64.1 Å². The van der Waals surface area contributed by atoms with Crippen molar-refractivity contribution in [1.29, 1.82) is 0 Å². The lowest BCUT2D eigenvalue weighted by molar-refractivity contribution is -0.118. The summed E-state index contributed by atoms with van der Waals surface area (Å²) >= 11 is 5.90. The highest BCUT2D eigenvalue weighted by Crippen LogP contribution is 2.27. The fraction of sp³-hybridized carbons (Fsp3) is 0.323. The minimum atomic E-state index is -0.0530. The third kappa shape index (κ3) is 6.06. The second-order valence-electron chi connectivity index (χ2n) is 10.1. The largest absolute Gasteiger partial charge is 0.356 e. The number of para-hydroxylation sites is 2. The molecule has 1 saturated heterocycles. The van der Waals surface area contributed by atoms with Gasteiger partial charge in [0.2, 0.25) is 5.91 Å². The van der Waals surface area contributed by atoms with Gasteiger partial charge in [0.15, 0.2) is 5.11 Å². The first kappa shape index (κ1) is 26.7. The Morgan fingerprint density at radius 2 is 1.46 bits per heavy atom. The number of aromatic nitrogens is 2. The summed E-state index contributed by atoms with van der Waals surface area (Å²) < 4.78 is 3.82. The standard InChI is InChI=1S/C31H35N5O2S/c1-23(37)32-19-10-20-35-27-15-8-9-16-28(27)36(31(35)38)26-17-21-34(22-18-26)30(39)33-29(24-11-4-2-5-12-24)25-13-6-3-7-14-25/h2-9,11-16,26,29H,10,17-22H2,1H3,(H,32,37)(H,33,39). The first-order chi connectivity index (χ1) is 19.0. The summed E-state index contributed by atoms with van der Waals surface area (Å²) in [6.07, 6.45) is 2.38. The van der Waals surface area contributed by atoms with Crippen LogP contribution in [-0.2, 0) is 11.3 Å². The van der Waals surface area contributed by atoms with Gasteiger partial charge in [-0.25, -0.2) is 4.79 Å². The van der Waals surface area contributed by atoms with Gasteiger partial charge in [0.25, 0.3) is 0 Å². The van der Waals surface area contributed by atoms with Crippen LogP contribution in [0.3, 0.4) is 0 Å². The maximum absolute atomic E-state index is 13.6. The summed E-state index contributed by atoms with van der Waals surface area (Å²) in [4.78, 5) is 27.0. The Labute approximate surface area is 234 Å². The minimum Gasteiger partial charge on any atom is -0.356 e. The van der Waals surface area contributed by atoms with Crippen molar-refractivity contribution in [2.75, 3.05) is 19.6 Å². The van der Waals surface area contributed by atoms with E-state index in [1.807, 2.05) is 45.5 Å². The van der Waals surface area contributed by atoms with Crippen molar-refractivity contribution in [2.24, 2.45) is 0 Å². The van der Waals surface area contributed by atoms with Gasteiger partial charge in [0.05, 0.1) is 17.1 Å². The van der Waals surface area contributed by atoms with E-state index in [-0.39, 0.29) is 23.7 Å². The molecular weight excluding hydrogens is 506 g/mol. The zero-order chi connectivity index (χ0) is 27.2. The number of nitrogens with zero attached hydrogens (tertiary/aromatic N) is 3. The van der Waals surface area contributed by atoms with Gasteiger partial charge in [-0.2, -0.15) is 0 Å². The minimum absolute atomic E-state index is 0.0198. The zero-order valence-corrected chi connectivity index (χ0v) is 23.1. The third-order valence-electron chi connectivity index (χ3n) is 7.45. The van der Waals surface area contributed by atoms with Crippen molar-refractivity contribution in [3.05, 3.63) is 107 Å². The molecule has 202 valence electrons. The number of hydrogen-bond acceptors (Lipinski definition) is 3. The number of thiocarbonyl (C=S) groups is 1. The van der Waals surface area contributed by atoms with Crippen LogP contribution in [0.15, 0.2) is 89.7 Å². The summed E-state index contributed by atoms with van der Waals surface area (Å²) in [5, 5.41) is 7.16. The summed E-state index contributed by atoms with van der Waals surface area (Å²) in [6.45, 7) is 4.19. The average Bonchev–Trinajstić information content (AvgIpc) is 3.25. The van der Waals surface area contributed by atoms with Crippen molar-refractivity contribution in [2.45, 2.75) is 44.8 Å². The number of hydrogen-bond donors (Lipinski definition) is 2. The van der Waals surface area contributed by atoms with Crippen LogP contribution in [0, 0.1) is 0 Å². The molecule has 0 unspecified atom stereocenters. The quantitative estimate of drug-likeness (QED) is 0.251. The molecule has 4 aromatic rings.